The molecule has 15 heavy (non-hydrogen) atoms. The molecule has 0 saturated carbocycles. The van der Waals surface area contributed by atoms with E-state index in [1.165, 1.54) is 4.88 Å². The fourth-order valence-corrected chi connectivity index (χ4v) is 4.07. The highest BCUT2D eigenvalue weighted by molar-refractivity contribution is 9.13. The van der Waals surface area contributed by atoms with Crippen molar-refractivity contribution in [2.24, 2.45) is 0 Å². The van der Waals surface area contributed by atoms with Gasteiger partial charge in [-0.1, -0.05) is 6.07 Å². The molecule has 0 amide bonds. The molecule has 1 atom stereocenters. The molecule has 0 fully saturated rings. The van der Waals surface area contributed by atoms with Crippen LogP contribution in [0.25, 0.3) is 0 Å². The van der Waals surface area contributed by atoms with E-state index < -0.39 is 6.10 Å². The van der Waals surface area contributed by atoms with Crippen LogP contribution in [0.15, 0.2) is 31.8 Å². The SMILES string of the molecule is OC(Cc1cccs1)c1cc(Br)c(Br)s1. The first-order chi connectivity index (χ1) is 7.16. The van der Waals surface area contributed by atoms with Gasteiger partial charge in [-0.3, -0.25) is 0 Å². The van der Waals surface area contributed by atoms with E-state index in [-0.39, 0.29) is 0 Å². The van der Waals surface area contributed by atoms with Gasteiger partial charge in [-0.2, -0.15) is 0 Å². The number of hydrogen-bond donors (Lipinski definition) is 1. The Kier molecular flexibility index (Phi) is 4.01. The summed E-state index contributed by atoms with van der Waals surface area (Å²) in [7, 11) is 0. The van der Waals surface area contributed by atoms with Crippen LogP contribution in [0.3, 0.4) is 0 Å². The normalized spacial score (nSPS) is 13.0. The standard InChI is InChI=1S/C10H8Br2OS2/c11-7-5-9(15-10(7)12)8(13)4-6-2-1-3-14-6/h1-3,5,8,13H,4H2. The number of halogens is 2. The Morgan fingerprint density at radius 2 is 2.20 bits per heavy atom. The van der Waals surface area contributed by atoms with Gasteiger partial charge in [0.2, 0.25) is 0 Å². The first-order valence-electron chi connectivity index (χ1n) is 4.32. The van der Waals surface area contributed by atoms with Crippen LogP contribution in [0.4, 0.5) is 0 Å². The smallest absolute Gasteiger partial charge is 0.0930 e. The van der Waals surface area contributed by atoms with Crippen molar-refractivity contribution in [3.8, 4) is 0 Å². The van der Waals surface area contributed by atoms with Crippen LogP contribution in [0.5, 0.6) is 0 Å². The van der Waals surface area contributed by atoms with Crippen molar-refractivity contribution >= 4 is 54.5 Å². The molecule has 1 N–H and O–H groups in total. The predicted molar refractivity (Wildman–Crippen MR) is 72.7 cm³/mol. The quantitative estimate of drug-likeness (QED) is 0.839. The molecule has 0 aliphatic rings. The maximum atomic E-state index is 10.0. The van der Waals surface area contributed by atoms with E-state index in [4.69, 9.17) is 0 Å². The van der Waals surface area contributed by atoms with Crippen LogP contribution in [0, 0.1) is 0 Å². The van der Waals surface area contributed by atoms with Gasteiger partial charge in [-0.05, 0) is 49.4 Å². The number of aliphatic hydroxyl groups excluding tert-OH is 1. The third-order valence-corrected chi connectivity index (χ3v) is 6.22. The monoisotopic (exact) mass is 366 g/mol. The molecule has 2 rings (SSSR count). The second kappa shape index (κ2) is 5.10. The molecule has 0 saturated heterocycles. The van der Waals surface area contributed by atoms with Gasteiger partial charge in [0.1, 0.15) is 0 Å². The lowest BCUT2D eigenvalue weighted by Gasteiger charge is -2.05. The molecule has 1 unspecified atom stereocenters. The van der Waals surface area contributed by atoms with Crippen LogP contribution in [0.2, 0.25) is 0 Å². The van der Waals surface area contributed by atoms with Gasteiger partial charge in [-0.15, -0.1) is 22.7 Å². The molecule has 0 aliphatic heterocycles. The number of thiophene rings is 2. The molecule has 2 aromatic rings. The third kappa shape index (κ3) is 2.91. The molecule has 0 spiro atoms. The highest BCUT2D eigenvalue weighted by Crippen LogP contribution is 2.36. The number of aliphatic hydroxyl groups is 1. The predicted octanol–water partition coefficient (Wildman–Crippen LogP) is 4.61. The van der Waals surface area contributed by atoms with E-state index in [9.17, 15) is 5.11 Å². The first-order valence-corrected chi connectivity index (χ1v) is 7.60. The minimum atomic E-state index is -0.406. The molecule has 2 heterocycles. The highest BCUT2D eigenvalue weighted by atomic mass is 79.9. The zero-order valence-electron chi connectivity index (χ0n) is 7.61. The van der Waals surface area contributed by atoms with E-state index in [0.717, 1.165) is 13.1 Å². The van der Waals surface area contributed by atoms with Crippen LogP contribution in [0.1, 0.15) is 15.9 Å². The van der Waals surface area contributed by atoms with Crippen molar-refractivity contribution < 1.29 is 5.11 Å². The summed E-state index contributed by atoms with van der Waals surface area (Å²) in [5.41, 5.74) is 0. The van der Waals surface area contributed by atoms with Gasteiger partial charge >= 0.3 is 0 Å². The number of hydrogen-bond acceptors (Lipinski definition) is 3. The maximum absolute atomic E-state index is 10.0. The Morgan fingerprint density at radius 1 is 1.40 bits per heavy atom. The molecule has 0 radical (unpaired) electrons. The van der Waals surface area contributed by atoms with Gasteiger partial charge in [0, 0.05) is 20.6 Å². The fourth-order valence-electron chi connectivity index (χ4n) is 1.25. The van der Waals surface area contributed by atoms with Crippen molar-refractivity contribution in [3.63, 3.8) is 0 Å². The number of rotatable bonds is 3. The first kappa shape index (κ1) is 11.8. The topological polar surface area (TPSA) is 20.2 Å². The van der Waals surface area contributed by atoms with Gasteiger partial charge in [0.15, 0.2) is 0 Å². The highest BCUT2D eigenvalue weighted by Gasteiger charge is 2.13. The average Bonchev–Trinajstić information content (AvgIpc) is 2.78. The van der Waals surface area contributed by atoms with Crippen molar-refractivity contribution in [1.29, 1.82) is 0 Å². The average molecular weight is 368 g/mol. The molecule has 5 heteroatoms. The minimum Gasteiger partial charge on any atom is -0.387 e. The molecule has 0 aromatic carbocycles. The second-order valence-corrected chi connectivity index (χ2v) is 7.36. The van der Waals surface area contributed by atoms with Crippen molar-refractivity contribution in [3.05, 3.63) is 41.6 Å². The Bertz CT molecular complexity index is 417. The van der Waals surface area contributed by atoms with Gasteiger partial charge < -0.3 is 5.11 Å². The zero-order valence-corrected chi connectivity index (χ0v) is 12.4. The maximum Gasteiger partial charge on any atom is 0.0930 e. The van der Waals surface area contributed by atoms with Crippen molar-refractivity contribution in [2.45, 2.75) is 12.5 Å². The van der Waals surface area contributed by atoms with Gasteiger partial charge in [-0.25, -0.2) is 0 Å². The van der Waals surface area contributed by atoms with Crippen LogP contribution >= 0.6 is 54.5 Å². The summed E-state index contributed by atoms with van der Waals surface area (Å²) >= 11 is 10.1. The lowest BCUT2D eigenvalue weighted by atomic mass is 10.2. The fraction of sp³-hybridized carbons (Fsp3) is 0.200. The summed E-state index contributed by atoms with van der Waals surface area (Å²) in [5, 5.41) is 12.0. The molecule has 0 bridgehead atoms. The molecule has 2 aromatic heterocycles. The summed E-state index contributed by atoms with van der Waals surface area (Å²) in [5.74, 6) is 0. The van der Waals surface area contributed by atoms with E-state index in [1.807, 2.05) is 23.6 Å². The lowest BCUT2D eigenvalue weighted by molar-refractivity contribution is 0.183. The van der Waals surface area contributed by atoms with Gasteiger partial charge in [0.05, 0.1) is 9.89 Å². The van der Waals surface area contributed by atoms with Crippen molar-refractivity contribution in [1.82, 2.24) is 0 Å². The largest absolute Gasteiger partial charge is 0.387 e. The summed E-state index contributed by atoms with van der Waals surface area (Å²) in [6, 6.07) is 6.02. The van der Waals surface area contributed by atoms with Crippen LogP contribution in [-0.4, -0.2) is 5.11 Å². The molecule has 1 nitrogen and oxygen atoms in total. The van der Waals surface area contributed by atoms with Crippen LogP contribution in [-0.2, 0) is 6.42 Å². The van der Waals surface area contributed by atoms with E-state index in [1.54, 1.807) is 22.7 Å². The Balaban J connectivity index is 2.11. The second-order valence-electron chi connectivity index (χ2n) is 3.07. The van der Waals surface area contributed by atoms with E-state index >= 15 is 0 Å². The Hall–Kier alpha value is 0.320. The molecular formula is C10H8Br2OS2. The summed E-state index contributed by atoms with van der Waals surface area (Å²) < 4.78 is 2.04. The molecular weight excluding hydrogens is 360 g/mol. The molecule has 80 valence electrons. The minimum absolute atomic E-state index is 0.406. The van der Waals surface area contributed by atoms with Gasteiger partial charge in [0.25, 0.3) is 0 Å². The van der Waals surface area contributed by atoms with E-state index in [0.29, 0.717) is 6.42 Å². The van der Waals surface area contributed by atoms with E-state index in [2.05, 4.69) is 31.9 Å². The van der Waals surface area contributed by atoms with Crippen LogP contribution < -0.4 is 0 Å². The van der Waals surface area contributed by atoms with Crippen molar-refractivity contribution in [2.75, 3.05) is 0 Å². The Morgan fingerprint density at radius 3 is 2.73 bits per heavy atom. The summed E-state index contributed by atoms with van der Waals surface area (Å²) in [6.45, 7) is 0. The summed E-state index contributed by atoms with van der Waals surface area (Å²) in [6.07, 6.45) is 0.285. The molecule has 0 aliphatic carbocycles. The third-order valence-electron chi connectivity index (χ3n) is 1.97. The zero-order chi connectivity index (χ0) is 10.8. The Labute approximate surface area is 113 Å². The summed E-state index contributed by atoms with van der Waals surface area (Å²) in [4.78, 5) is 2.20. The lowest BCUT2D eigenvalue weighted by Crippen LogP contribution is -1.97.